The van der Waals surface area contributed by atoms with Gasteiger partial charge < -0.3 is 24.6 Å². The smallest absolute Gasteiger partial charge is 0.253 e. The minimum Gasteiger partial charge on any atom is -0.497 e. The summed E-state index contributed by atoms with van der Waals surface area (Å²) in [6.07, 6.45) is 0. The van der Waals surface area contributed by atoms with Gasteiger partial charge in [-0.3, -0.25) is 4.79 Å². The van der Waals surface area contributed by atoms with Gasteiger partial charge in [-0.2, -0.15) is 0 Å². The molecular weight excluding hydrogens is 492 g/mol. The number of nitrogens with one attached hydrogen (secondary N) is 2. The van der Waals surface area contributed by atoms with E-state index in [4.69, 9.17) is 21.1 Å². The van der Waals surface area contributed by atoms with Crippen LogP contribution in [0.1, 0.15) is 22.0 Å². The van der Waals surface area contributed by atoms with Crippen LogP contribution in [0, 0.1) is 0 Å². The summed E-state index contributed by atoms with van der Waals surface area (Å²) in [6, 6.07) is 10.7. The molecule has 0 aromatic heterocycles. The number of morpholine rings is 1. The third kappa shape index (κ3) is 6.25. The van der Waals surface area contributed by atoms with Crippen molar-refractivity contribution in [1.29, 1.82) is 0 Å². The number of ether oxygens (including phenoxy) is 2. The molecule has 9 nitrogen and oxygen atoms in total. The summed E-state index contributed by atoms with van der Waals surface area (Å²) in [7, 11) is 4.20. The first-order valence-electron chi connectivity index (χ1n) is 11.3. The van der Waals surface area contributed by atoms with Crippen LogP contribution < -0.4 is 19.9 Å². The lowest BCUT2D eigenvalue weighted by Gasteiger charge is -2.32. The highest BCUT2D eigenvalue weighted by Crippen LogP contribution is 2.31. The number of rotatable bonds is 9. The van der Waals surface area contributed by atoms with Gasteiger partial charge in [0.1, 0.15) is 29.8 Å². The second-order valence-electron chi connectivity index (χ2n) is 8.79. The molecule has 1 aliphatic heterocycles. The van der Waals surface area contributed by atoms with Crippen LogP contribution in [-0.4, -0.2) is 86.8 Å². The Morgan fingerprint density at radius 2 is 1.77 bits per heavy atom. The first-order chi connectivity index (χ1) is 16.6. The van der Waals surface area contributed by atoms with Crippen molar-refractivity contribution in [1.82, 2.24) is 9.62 Å². The van der Waals surface area contributed by atoms with E-state index in [0.29, 0.717) is 25.4 Å². The van der Waals surface area contributed by atoms with Gasteiger partial charge in [0.25, 0.3) is 5.91 Å². The van der Waals surface area contributed by atoms with Crippen LogP contribution in [0.3, 0.4) is 0 Å². The van der Waals surface area contributed by atoms with Crippen LogP contribution in [0.5, 0.6) is 5.75 Å². The molecule has 1 unspecified atom stereocenters. The largest absolute Gasteiger partial charge is 0.497 e. The lowest BCUT2D eigenvalue weighted by atomic mass is 10.0. The number of quaternary nitrogens is 1. The van der Waals surface area contributed by atoms with Crippen molar-refractivity contribution >= 4 is 33.2 Å². The highest BCUT2D eigenvalue weighted by Gasteiger charge is 2.29. The van der Waals surface area contributed by atoms with Gasteiger partial charge in [0, 0.05) is 33.8 Å². The molecule has 0 aliphatic carbocycles. The average molecular weight is 526 g/mol. The quantitative estimate of drug-likeness (QED) is 0.508. The number of methoxy groups -OCH3 is 1. The molecule has 1 amide bonds. The maximum atomic E-state index is 13.4. The number of benzene rings is 2. The lowest BCUT2D eigenvalue weighted by Crippen LogP contribution is -3.15. The highest BCUT2D eigenvalue weighted by atomic mass is 35.5. The lowest BCUT2D eigenvalue weighted by molar-refractivity contribution is -0.937. The Kier molecular flexibility index (Phi) is 9.00. The van der Waals surface area contributed by atoms with Crippen molar-refractivity contribution in [2.24, 2.45) is 0 Å². The van der Waals surface area contributed by atoms with Gasteiger partial charge in [-0.15, -0.1) is 0 Å². The van der Waals surface area contributed by atoms with Crippen LogP contribution in [0.2, 0.25) is 5.02 Å². The van der Waals surface area contributed by atoms with E-state index < -0.39 is 10.0 Å². The molecule has 1 fully saturated rings. The number of anilines is 1. The Morgan fingerprint density at radius 1 is 1.14 bits per heavy atom. The second-order valence-corrected chi connectivity index (χ2v) is 11.3. The molecule has 0 radical (unpaired) electrons. The first kappa shape index (κ1) is 27.2. The molecule has 0 bridgehead atoms. The molecule has 1 saturated heterocycles. The fraction of sp³-hybridized carbons (Fsp3) is 0.458. The van der Waals surface area contributed by atoms with Crippen LogP contribution in [0.25, 0.3) is 0 Å². The van der Waals surface area contributed by atoms with Crippen LogP contribution in [0.15, 0.2) is 41.3 Å². The number of halogens is 1. The fourth-order valence-electron chi connectivity index (χ4n) is 4.10. The van der Waals surface area contributed by atoms with Gasteiger partial charge in [-0.1, -0.05) is 11.6 Å². The third-order valence-electron chi connectivity index (χ3n) is 6.15. The Labute approximate surface area is 212 Å². The minimum absolute atomic E-state index is 0.00570. The topological polar surface area (TPSA) is 92.6 Å². The molecule has 2 aromatic carbocycles. The molecule has 35 heavy (non-hydrogen) atoms. The highest BCUT2D eigenvalue weighted by molar-refractivity contribution is 7.89. The standard InChI is InChI=1S/C24H33ClN4O5S/c1-27(2)21-15-20(25)23(35(31,32)28(3)4)14-19(21)24(30)26-16-22(29-10-12-34-13-11-29)17-6-8-18(33-5)9-7-17/h6-9,14-15,22H,10-13,16H2,1-5H3,(H,26,30)/p+1. The molecule has 1 heterocycles. The van der Waals surface area contributed by atoms with Gasteiger partial charge in [0.05, 0.1) is 43.1 Å². The summed E-state index contributed by atoms with van der Waals surface area (Å²) in [6.45, 7) is 3.32. The SMILES string of the molecule is COc1ccc(C(CNC(=O)c2cc(S(=O)(=O)N(C)C)c(Cl)cc2N(C)C)[NH+]2CCOCC2)cc1. The summed E-state index contributed by atoms with van der Waals surface area (Å²) in [4.78, 5) is 16.3. The molecular formula is C24H34ClN4O5S+. The predicted octanol–water partition coefficient (Wildman–Crippen LogP) is 1.05. The van der Waals surface area contributed by atoms with Crippen LogP contribution in [0.4, 0.5) is 5.69 Å². The van der Waals surface area contributed by atoms with Gasteiger partial charge >= 0.3 is 0 Å². The zero-order valence-electron chi connectivity index (χ0n) is 20.8. The van der Waals surface area contributed by atoms with Crippen molar-refractivity contribution in [3.63, 3.8) is 0 Å². The van der Waals surface area contributed by atoms with Gasteiger partial charge in [0.2, 0.25) is 10.0 Å². The van der Waals surface area contributed by atoms with Gasteiger partial charge in [-0.05, 0) is 36.4 Å². The van der Waals surface area contributed by atoms with Gasteiger partial charge in [0.15, 0.2) is 0 Å². The molecule has 1 atom stereocenters. The summed E-state index contributed by atoms with van der Waals surface area (Å²) in [5, 5.41) is 3.10. The number of hydrogen-bond donors (Lipinski definition) is 2. The maximum absolute atomic E-state index is 13.4. The number of carbonyl (C=O) groups is 1. The molecule has 2 N–H and O–H groups in total. The van der Waals surface area contributed by atoms with Crippen molar-refractivity contribution in [2.45, 2.75) is 10.9 Å². The van der Waals surface area contributed by atoms with E-state index in [9.17, 15) is 13.2 Å². The number of carbonyl (C=O) groups excluding carboxylic acids is 1. The summed E-state index contributed by atoms with van der Waals surface area (Å²) in [5.41, 5.74) is 1.85. The van der Waals surface area contributed by atoms with E-state index >= 15 is 0 Å². The average Bonchev–Trinajstić information content (AvgIpc) is 2.84. The van der Waals surface area contributed by atoms with Gasteiger partial charge in [-0.25, -0.2) is 12.7 Å². The number of sulfonamides is 1. The summed E-state index contributed by atoms with van der Waals surface area (Å²) in [5.74, 6) is 0.395. The van der Waals surface area contributed by atoms with E-state index in [2.05, 4.69) is 5.32 Å². The Hall–Kier alpha value is -2.37. The summed E-state index contributed by atoms with van der Waals surface area (Å²) >= 11 is 6.32. The minimum atomic E-state index is -3.83. The molecule has 0 saturated carbocycles. The van der Waals surface area contributed by atoms with E-state index in [1.807, 2.05) is 24.3 Å². The zero-order valence-corrected chi connectivity index (χ0v) is 22.4. The normalized spacial score (nSPS) is 15.6. The molecule has 2 aromatic rings. The van der Waals surface area contributed by atoms with Crippen LogP contribution >= 0.6 is 11.6 Å². The Bertz CT molecular complexity index is 1130. The van der Waals surface area contributed by atoms with E-state index in [-0.39, 0.29) is 27.4 Å². The number of amides is 1. The molecule has 3 rings (SSSR count). The molecule has 192 valence electrons. The summed E-state index contributed by atoms with van der Waals surface area (Å²) < 4.78 is 37.5. The van der Waals surface area contributed by atoms with E-state index in [1.54, 1.807) is 26.1 Å². The van der Waals surface area contributed by atoms with Crippen molar-refractivity contribution in [3.05, 3.63) is 52.5 Å². The predicted molar refractivity (Wildman–Crippen MR) is 136 cm³/mol. The number of hydrogen-bond acceptors (Lipinski definition) is 6. The molecule has 1 aliphatic rings. The van der Waals surface area contributed by atoms with Crippen molar-refractivity contribution in [3.8, 4) is 5.75 Å². The Balaban J connectivity index is 1.92. The van der Waals surface area contributed by atoms with E-state index in [0.717, 1.165) is 28.7 Å². The molecule has 0 spiro atoms. The maximum Gasteiger partial charge on any atom is 0.253 e. The fourth-order valence-corrected chi connectivity index (χ4v) is 5.51. The number of nitrogens with zero attached hydrogens (tertiary/aromatic N) is 2. The first-order valence-corrected chi connectivity index (χ1v) is 13.2. The Morgan fingerprint density at radius 3 is 2.31 bits per heavy atom. The van der Waals surface area contributed by atoms with E-state index in [1.165, 1.54) is 31.1 Å². The zero-order chi connectivity index (χ0) is 25.8. The third-order valence-corrected chi connectivity index (χ3v) is 8.43. The molecule has 11 heteroatoms. The monoisotopic (exact) mass is 525 g/mol. The van der Waals surface area contributed by atoms with Crippen LogP contribution in [-0.2, 0) is 14.8 Å². The second kappa shape index (κ2) is 11.6. The van der Waals surface area contributed by atoms with Crippen molar-refractivity contribution in [2.75, 3.05) is 73.0 Å². The van der Waals surface area contributed by atoms with Crippen molar-refractivity contribution < 1.29 is 27.6 Å².